The Kier molecular flexibility index (Phi) is 3.34. The van der Waals surface area contributed by atoms with E-state index in [0.717, 1.165) is 5.75 Å². The van der Waals surface area contributed by atoms with Crippen molar-refractivity contribution in [1.82, 2.24) is 0 Å². The lowest BCUT2D eigenvalue weighted by atomic mass is 10.6. The molecule has 0 atom stereocenters. The highest BCUT2D eigenvalue weighted by Crippen LogP contribution is 2.20. The number of nitrogens with zero attached hydrogens (tertiary/aromatic N) is 1. The monoisotopic (exact) mass is 169 g/mol. The molecule has 0 amide bonds. The number of nitriles is 1. The van der Waals surface area contributed by atoms with Gasteiger partial charge in [0.25, 0.3) is 0 Å². The van der Waals surface area contributed by atoms with Gasteiger partial charge in [-0.2, -0.15) is 16.6 Å². The van der Waals surface area contributed by atoms with Gasteiger partial charge in [-0.05, 0) is 11.4 Å². The van der Waals surface area contributed by atoms with Crippen molar-refractivity contribution in [3.63, 3.8) is 0 Å². The highest BCUT2D eigenvalue weighted by Gasteiger charge is 1.91. The molecule has 0 saturated carbocycles. The fourth-order valence-electron chi connectivity index (χ4n) is 0.549. The van der Waals surface area contributed by atoms with Crippen molar-refractivity contribution in [1.29, 1.82) is 5.26 Å². The third kappa shape index (κ3) is 2.42. The van der Waals surface area contributed by atoms with Gasteiger partial charge in [0.15, 0.2) is 0 Å². The molecule has 1 aromatic heterocycles. The Morgan fingerprint density at radius 1 is 1.70 bits per heavy atom. The summed E-state index contributed by atoms with van der Waals surface area (Å²) < 4.78 is 0. The Morgan fingerprint density at radius 2 is 2.60 bits per heavy atom. The van der Waals surface area contributed by atoms with Gasteiger partial charge in [0, 0.05) is 22.4 Å². The number of thiophene rings is 1. The van der Waals surface area contributed by atoms with E-state index in [1.54, 1.807) is 23.1 Å². The third-order valence-electron chi connectivity index (χ3n) is 0.978. The van der Waals surface area contributed by atoms with Crippen molar-refractivity contribution in [3.8, 4) is 6.07 Å². The lowest BCUT2D eigenvalue weighted by molar-refractivity contribution is 1.24. The van der Waals surface area contributed by atoms with Gasteiger partial charge in [0.2, 0.25) is 0 Å². The molecule has 0 fully saturated rings. The van der Waals surface area contributed by atoms with Gasteiger partial charge in [0.1, 0.15) is 0 Å². The van der Waals surface area contributed by atoms with Gasteiger partial charge in [0.05, 0.1) is 6.07 Å². The van der Waals surface area contributed by atoms with Gasteiger partial charge < -0.3 is 0 Å². The summed E-state index contributed by atoms with van der Waals surface area (Å²) in [4.78, 5) is 1.28. The molecule has 0 aromatic carbocycles. The summed E-state index contributed by atoms with van der Waals surface area (Å²) in [5, 5.41) is 12.4. The molecule has 0 saturated heterocycles. The summed E-state index contributed by atoms with van der Waals surface area (Å²) in [7, 11) is 0. The van der Waals surface area contributed by atoms with Crippen LogP contribution in [0.25, 0.3) is 0 Å². The van der Waals surface area contributed by atoms with Crippen LogP contribution in [0.3, 0.4) is 0 Å². The first kappa shape index (κ1) is 7.64. The minimum Gasteiger partial charge on any atom is -0.198 e. The van der Waals surface area contributed by atoms with E-state index >= 15 is 0 Å². The van der Waals surface area contributed by atoms with Crippen LogP contribution in [0.5, 0.6) is 0 Å². The van der Waals surface area contributed by atoms with Crippen LogP contribution in [0.15, 0.2) is 21.7 Å². The van der Waals surface area contributed by atoms with E-state index < -0.39 is 0 Å². The Hall–Kier alpha value is -0.460. The summed E-state index contributed by atoms with van der Waals surface area (Å²) in [6, 6.07) is 4.19. The van der Waals surface area contributed by atoms with Crippen LogP contribution in [0, 0.1) is 11.3 Å². The fraction of sp³-hybridized carbons (Fsp3) is 0.286. The predicted octanol–water partition coefficient (Wildman–Crippen LogP) is 2.75. The summed E-state index contributed by atoms with van der Waals surface area (Å²) in [6.07, 6.45) is 0.639. The fourth-order valence-corrected chi connectivity index (χ4v) is 2.18. The topological polar surface area (TPSA) is 23.8 Å². The second kappa shape index (κ2) is 4.37. The Labute approximate surface area is 68.7 Å². The van der Waals surface area contributed by atoms with E-state index in [2.05, 4.69) is 22.9 Å². The Bertz CT molecular complexity index is 210. The van der Waals surface area contributed by atoms with Gasteiger partial charge in [-0.3, -0.25) is 0 Å². The molecule has 0 bridgehead atoms. The molecule has 0 N–H and O–H groups in total. The zero-order chi connectivity index (χ0) is 7.23. The van der Waals surface area contributed by atoms with Gasteiger partial charge in [-0.15, -0.1) is 11.8 Å². The second-order valence-electron chi connectivity index (χ2n) is 1.72. The van der Waals surface area contributed by atoms with E-state index in [1.165, 1.54) is 4.90 Å². The zero-order valence-corrected chi connectivity index (χ0v) is 7.04. The van der Waals surface area contributed by atoms with Crippen LogP contribution in [0.4, 0.5) is 0 Å². The van der Waals surface area contributed by atoms with Crippen LogP contribution >= 0.6 is 23.1 Å². The normalized spacial score (nSPS) is 9.10. The molecule has 0 aliphatic carbocycles. The van der Waals surface area contributed by atoms with E-state index in [9.17, 15) is 0 Å². The van der Waals surface area contributed by atoms with Crippen molar-refractivity contribution in [2.45, 2.75) is 11.3 Å². The van der Waals surface area contributed by atoms with Crippen molar-refractivity contribution >= 4 is 23.1 Å². The minimum atomic E-state index is 0.639. The summed E-state index contributed by atoms with van der Waals surface area (Å²) >= 11 is 3.43. The van der Waals surface area contributed by atoms with Gasteiger partial charge >= 0.3 is 0 Å². The molecule has 0 aliphatic heterocycles. The smallest absolute Gasteiger partial charge is 0.0630 e. The van der Waals surface area contributed by atoms with Gasteiger partial charge in [-0.25, -0.2) is 0 Å². The molecule has 10 heavy (non-hydrogen) atoms. The number of hydrogen-bond donors (Lipinski definition) is 0. The molecule has 1 nitrogen and oxygen atoms in total. The Balaban J connectivity index is 2.23. The average Bonchev–Trinajstić information content (AvgIpc) is 2.41. The van der Waals surface area contributed by atoms with Gasteiger partial charge in [-0.1, -0.05) is 0 Å². The molecule has 3 heteroatoms. The first-order valence-electron chi connectivity index (χ1n) is 2.95. The SMILES string of the molecule is N#CCCSc1ccsc1. The van der Waals surface area contributed by atoms with Crippen molar-refractivity contribution in [2.24, 2.45) is 0 Å². The molecule has 1 rings (SSSR count). The lowest BCUT2D eigenvalue weighted by Gasteiger charge is -1.89. The Morgan fingerprint density at radius 3 is 3.20 bits per heavy atom. The number of hydrogen-bond acceptors (Lipinski definition) is 3. The number of thioether (sulfide) groups is 1. The molecule has 52 valence electrons. The summed E-state index contributed by atoms with van der Waals surface area (Å²) in [5.41, 5.74) is 0. The highest BCUT2D eigenvalue weighted by molar-refractivity contribution is 7.99. The maximum atomic E-state index is 8.23. The van der Waals surface area contributed by atoms with Crippen molar-refractivity contribution in [2.75, 3.05) is 5.75 Å². The molecule has 0 aliphatic rings. The highest BCUT2D eigenvalue weighted by atomic mass is 32.2. The van der Waals surface area contributed by atoms with Crippen LogP contribution in [-0.2, 0) is 0 Å². The minimum absolute atomic E-state index is 0.639. The summed E-state index contributed by atoms with van der Waals surface area (Å²) in [5.74, 6) is 0.910. The maximum Gasteiger partial charge on any atom is 0.0630 e. The van der Waals surface area contributed by atoms with Crippen LogP contribution in [0.2, 0.25) is 0 Å². The molecule has 0 spiro atoms. The van der Waals surface area contributed by atoms with E-state index in [-0.39, 0.29) is 0 Å². The third-order valence-corrected chi connectivity index (χ3v) is 2.81. The molecule has 0 unspecified atom stereocenters. The van der Waals surface area contributed by atoms with Crippen LogP contribution in [-0.4, -0.2) is 5.75 Å². The van der Waals surface area contributed by atoms with Crippen LogP contribution in [0.1, 0.15) is 6.42 Å². The molecule has 1 heterocycles. The largest absolute Gasteiger partial charge is 0.198 e. The van der Waals surface area contributed by atoms with Crippen molar-refractivity contribution in [3.05, 3.63) is 16.8 Å². The first-order chi connectivity index (χ1) is 4.93. The number of rotatable bonds is 3. The molecule has 1 aromatic rings. The lowest BCUT2D eigenvalue weighted by Crippen LogP contribution is -1.72. The standard InChI is InChI=1S/C7H7NS2/c8-3-1-4-10-7-2-5-9-6-7/h2,5-6H,1,4H2. The van der Waals surface area contributed by atoms with E-state index in [4.69, 9.17) is 5.26 Å². The maximum absolute atomic E-state index is 8.23. The van der Waals surface area contributed by atoms with Crippen LogP contribution < -0.4 is 0 Å². The predicted molar refractivity (Wildman–Crippen MR) is 45.3 cm³/mol. The molecular weight excluding hydrogens is 162 g/mol. The second-order valence-corrected chi connectivity index (χ2v) is 3.66. The zero-order valence-electron chi connectivity index (χ0n) is 5.41. The quantitative estimate of drug-likeness (QED) is 0.513. The first-order valence-corrected chi connectivity index (χ1v) is 4.88. The average molecular weight is 169 g/mol. The van der Waals surface area contributed by atoms with Crippen molar-refractivity contribution < 1.29 is 0 Å². The summed E-state index contributed by atoms with van der Waals surface area (Å²) in [6.45, 7) is 0. The van der Waals surface area contributed by atoms with E-state index in [1.807, 2.05) is 0 Å². The van der Waals surface area contributed by atoms with E-state index in [0.29, 0.717) is 6.42 Å². The molecular formula is C7H7NS2. The molecule has 0 radical (unpaired) electrons.